The van der Waals surface area contributed by atoms with Crippen LogP contribution in [0.3, 0.4) is 0 Å². The van der Waals surface area contributed by atoms with E-state index in [1.807, 2.05) is 6.07 Å². The quantitative estimate of drug-likeness (QED) is 0.545. The molecule has 0 unspecified atom stereocenters. The van der Waals surface area contributed by atoms with Gasteiger partial charge in [0.15, 0.2) is 11.5 Å². The maximum Gasteiger partial charge on any atom is 0.361 e. The largest absolute Gasteiger partial charge is 0.461 e. The lowest BCUT2D eigenvalue weighted by Crippen LogP contribution is -2.41. The first-order valence-corrected chi connectivity index (χ1v) is 10.8. The zero-order valence-corrected chi connectivity index (χ0v) is 18.7. The summed E-state index contributed by atoms with van der Waals surface area (Å²) in [7, 11) is 1.77. The van der Waals surface area contributed by atoms with Gasteiger partial charge in [0.05, 0.1) is 12.6 Å². The Bertz CT molecular complexity index is 1170. The number of piperidine rings is 1. The second-order valence-electron chi connectivity index (χ2n) is 7.76. The first-order valence-electron chi connectivity index (χ1n) is 10.8. The van der Waals surface area contributed by atoms with Crippen molar-refractivity contribution in [1.29, 1.82) is 0 Å². The van der Waals surface area contributed by atoms with Crippen LogP contribution in [-0.4, -0.2) is 66.4 Å². The number of likely N-dealkylation sites (tertiary alicyclic amines) is 1. The molecule has 1 saturated heterocycles. The monoisotopic (exact) mass is 474 g/mol. The van der Waals surface area contributed by atoms with Crippen LogP contribution in [0, 0.1) is 0 Å². The van der Waals surface area contributed by atoms with E-state index >= 15 is 0 Å². The Hall–Kier alpha value is -3.90. The van der Waals surface area contributed by atoms with Crippen LogP contribution < -0.4 is 5.32 Å². The Balaban J connectivity index is 1.40. The van der Waals surface area contributed by atoms with Gasteiger partial charge in [-0.15, -0.1) is 5.10 Å². The number of nitrogens with zero attached hydrogens (tertiary/aromatic N) is 7. The molecule has 2 amide bonds. The molecule has 3 heterocycles. The number of ether oxygens (including phenoxy) is 1. The van der Waals surface area contributed by atoms with Gasteiger partial charge in [-0.1, -0.05) is 17.3 Å². The van der Waals surface area contributed by atoms with Crippen LogP contribution in [0.25, 0.3) is 11.4 Å². The summed E-state index contributed by atoms with van der Waals surface area (Å²) in [6, 6.07) is 6.47. The molecule has 1 aliphatic rings. The molecule has 0 atom stereocenters. The van der Waals surface area contributed by atoms with Gasteiger partial charge in [-0.25, -0.2) is 28.0 Å². The van der Waals surface area contributed by atoms with Crippen molar-refractivity contribution in [2.75, 3.05) is 25.0 Å². The number of hydrogen-bond acceptors (Lipinski definition) is 7. The molecule has 13 heteroatoms. The normalized spacial score (nSPS) is 14.4. The van der Waals surface area contributed by atoms with Crippen LogP contribution >= 0.6 is 0 Å². The third kappa shape index (κ3) is 4.87. The molecule has 0 saturated carbocycles. The van der Waals surface area contributed by atoms with Crippen LogP contribution in [-0.2, 0) is 11.8 Å². The summed E-state index contributed by atoms with van der Waals surface area (Å²) < 4.78 is 34.9. The Labute approximate surface area is 193 Å². The standard InChI is InChI=1S/C21H24F2N8O3/c1-3-34-20(32)16-17(18(22)23)31(28-26-16)15-7-9-30(10-8-15)21(33)25-14-6-4-5-13(11-14)19-24-12-29(2)27-19/h4-6,11-12,15,18H,3,7-10H2,1-2H3,(H,25,33). The number of rotatable bonds is 6. The number of benzene rings is 1. The summed E-state index contributed by atoms with van der Waals surface area (Å²) in [6.07, 6.45) is -0.570. The number of amides is 2. The number of carbonyl (C=O) groups excluding carboxylic acids is 2. The minimum atomic E-state index is -2.93. The Morgan fingerprint density at radius 2 is 2.03 bits per heavy atom. The van der Waals surface area contributed by atoms with Gasteiger partial charge < -0.3 is 15.0 Å². The second-order valence-corrected chi connectivity index (χ2v) is 7.76. The zero-order valence-electron chi connectivity index (χ0n) is 18.7. The summed E-state index contributed by atoms with van der Waals surface area (Å²) in [5.74, 6) is -0.381. The number of aryl methyl sites for hydroxylation is 1. The van der Waals surface area contributed by atoms with E-state index in [0.29, 0.717) is 37.4 Å². The Morgan fingerprint density at radius 1 is 1.26 bits per heavy atom. The molecule has 1 aliphatic heterocycles. The predicted molar refractivity (Wildman–Crippen MR) is 116 cm³/mol. The van der Waals surface area contributed by atoms with Crippen molar-refractivity contribution in [3.05, 3.63) is 42.0 Å². The maximum absolute atomic E-state index is 13.7. The average Bonchev–Trinajstić information content (AvgIpc) is 3.46. The summed E-state index contributed by atoms with van der Waals surface area (Å²) in [5.41, 5.74) is 0.327. The number of urea groups is 1. The molecule has 180 valence electrons. The number of halogens is 2. The van der Waals surface area contributed by atoms with Crippen LogP contribution in [0.1, 0.15) is 48.4 Å². The number of nitrogens with one attached hydrogen (secondary N) is 1. The average molecular weight is 474 g/mol. The SMILES string of the molecule is CCOC(=O)c1nnn(C2CCN(C(=O)Nc3cccc(-c4ncn(C)n4)c3)CC2)c1C(F)F. The lowest BCUT2D eigenvalue weighted by atomic mass is 10.0. The van der Waals surface area contributed by atoms with E-state index in [1.165, 1.54) is 0 Å². The van der Waals surface area contributed by atoms with E-state index in [0.717, 1.165) is 10.2 Å². The summed E-state index contributed by atoms with van der Waals surface area (Å²) in [6.45, 7) is 2.28. The predicted octanol–water partition coefficient (Wildman–Crippen LogP) is 3.06. The number of esters is 1. The molecule has 0 aliphatic carbocycles. The molecular formula is C21H24F2N8O3. The smallest absolute Gasteiger partial charge is 0.361 e. The number of anilines is 1. The molecule has 2 aromatic heterocycles. The zero-order chi connectivity index (χ0) is 24.2. The molecule has 1 N–H and O–H groups in total. The van der Waals surface area contributed by atoms with E-state index in [2.05, 4.69) is 25.7 Å². The highest BCUT2D eigenvalue weighted by Crippen LogP contribution is 2.30. The molecule has 3 aromatic rings. The van der Waals surface area contributed by atoms with Gasteiger partial charge in [-0.05, 0) is 31.9 Å². The van der Waals surface area contributed by atoms with Gasteiger partial charge in [0.2, 0.25) is 0 Å². The summed E-state index contributed by atoms with van der Waals surface area (Å²) >= 11 is 0. The first-order chi connectivity index (χ1) is 16.4. The van der Waals surface area contributed by atoms with Crippen LogP contribution in [0.2, 0.25) is 0 Å². The molecule has 1 aromatic carbocycles. The minimum Gasteiger partial charge on any atom is -0.461 e. The fraction of sp³-hybridized carbons (Fsp3) is 0.429. The van der Waals surface area contributed by atoms with Crippen molar-refractivity contribution in [2.45, 2.75) is 32.2 Å². The maximum atomic E-state index is 13.7. The number of alkyl halides is 2. The van der Waals surface area contributed by atoms with Crippen LogP contribution in [0.5, 0.6) is 0 Å². The third-order valence-corrected chi connectivity index (χ3v) is 5.48. The molecule has 1 fully saturated rings. The highest BCUT2D eigenvalue weighted by Gasteiger charge is 2.33. The van der Waals surface area contributed by atoms with E-state index in [9.17, 15) is 18.4 Å². The summed E-state index contributed by atoms with van der Waals surface area (Å²) in [4.78, 5) is 30.5. The molecule has 0 spiro atoms. The number of aromatic nitrogens is 6. The van der Waals surface area contributed by atoms with Crippen molar-refractivity contribution in [2.24, 2.45) is 7.05 Å². The Morgan fingerprint density at radius 3 is 2.68 bits per heavy atom. The van der Waals surface area contributed by atoms with E-state index in [-0.39, 0.29) is 12.6 Å². The van der Waals surface area contributed by atoms with Crippen molar-refractivity contribution in [3.63, 3.8) is 0 Å². The first kappa shape index (κ1) is 23.3. The lowest BCUT2D eigenvalue weighted by molar-refractivity contribution is 0.0505. The van der Waals surface area contributed by atoms with E-state index < -0.39 is 29.8 Å². The number of carbonyl (C=O) groups is 2. The molecule has 0 radical (unpaired) electrons. The van der Waals surface area contributed by atoms with Gasteiger partial charge in [-0.2, -0.15) is 5.10 Å². The molecule has 0 bridgehead atoms. The van der Waals surface area contributed by atoms with E-state index in [1.54, 1.807) is 48.1 Å². The van der Waals surface area contributed by atoms with Gasteiger partial charge in [0, 0.05) is 31.4 Å². The van der Waals surface area contributed by atoms with Crippen molar-refractivity contribution in [3.8, 4) is 11.4 Å². The van der Waals surface area contributed by atoms with Crippen molar-refractivity contribution >= 4 is 17.7 Å². The molecule has 11 nitrogen and oxygen atoms in total. The Kier molecular flexibility index (Phi) is 6.80. The van der Waals surface area contributed by atoms with Gasteiger partial charge in [0.1, 0.15) is 12.0 Å². The highest BCUT2D eigenvalue weighted by molar-refractivity contribution is 5.90. The molecule has 4 rings (SSSR count). The third-order valence-electron chi connectivity index (χ3n) is 5.48. The highest BCUT2D eigenvalue weighted by atomic mass is 19.3. The van der Waals surface area contributed by atoms with E-state index in [4.69, 9.17) is 4.74 Å². The van der Waals surface area contributed by atoms with Crippen LogP contribution in [0.15, 0.2) is 30.6 Å². The topological polar surface area (TPSA) is 120 Å². The minimum absolute atomic E-state index is 0.0448. The number of hydrogen-bond donors (Lipinski definition) is 1. The van der Waals surface area contributed by atoms with Gasteiger partial charge in [-0.3, -0.25) is 4.68 Å². The second kappa shape index (κ2) is 9.93. The van der Waals surface area contributed by atoms with Crippen molar-refractivity contribution < 1.29 is 23.1 Å². The lowest BCUT2D eigenvalue weighted by Gasteiger charge is -2.32. The van der Waals surface area contributed by atoms with Gasteiger partial charge >= 0.3 is 12.0 Å². The van der Waals surface area contributed by atoms with Crippen LogP contribution in [0.4, 0.5) is 19.3 Å². The molecular weight excluding hydrogens is 450 g/mol. The fourth-order valence-electron chi connectivity index (χ4n) is 3.84. The fourth-order valence-corrected chi connectivity index (χ4v) is 3.84. The molecule has 34 heavy (non-hydrogen) atoms. The summed E-state index contributed by atoms with van der Waals surface area (Å²) in [5, 5.41) is 14.5. The van der Waals surface area contributed by atoms with Crippen molar-refractivity contribution in [1.82, 2.24) is 34.7 Å². The van der Waals surface area contributed by atoms with Gasteiger partial charge in [0.25, 0.3) is 6.43 Å².